The Bertz CT molecular complexity index is 950. The Labute approximate surface area is 174 Å². The number of piperazine rings is 1. The Morgan fingerprint density at radius 3 is 2.59 bits per heavy atom. The van der Waals surface area contributed by atoms with Gasteiger partial charge in [-0.2, -0.15) is 0 Å². The van der Waals surface area contributed by atoms with Crippen molar-refractivity contribution < 1.29 is 5.11 Å². The molecule has 2 N–H and O–H groups in total. The molecule has 0 saturated carbocycles. The molecule has 2 aliphatic heterocycles. The topological polar surface area (TPSA) is 86.0 Å². The van der Waals surface area contributed by atoms with E-state index in [4.69, 9.17) is 10.1 Å². The number of thioether (sulfide) groups is 1. The second-order valence-corrected chi connectivity index (χ2v) is 8.09. The molecule has 0 radical (unpaired) electrons. The molecule has 2 aromatic rings. The van der Waals surface area contributed by atoms with Gasteiger partial charge < -0.3 is 10.0 Å². The maximum absolute atomic E-state index is 12.8. The summed E-state index contributed by atoms with van der Waals surface area (Å²) in [6.07, 6.45) is 1.59. The standard InChI is InChI=1S/C20H26N6O2S/c1-14-13-17(28)26-18(15-3-5-16(29-2)6-4-15)22-19(23-20(26)21-14)25-9-7-24(8-10-25)11-12-27/h3-6,13,18,27H,7-12H2,1-2H3,(H,21,22,23)/t18-/m1/s1. The van der Waals surface area contributed by atoms with Crippen LogP contribution in [0, 0.1) is 6.92 Å². The molecule has 8 nitrogen and oxygen atoms in total. The molecule has 2 aliphatic rings. The van der Waals surface area contributed by atoms with Crippen molar-refractivity contribution in [1.29, 1.82) is 0 Å². The third-order valence-corrected chi connectivity index (χ3v) is 6.04. The molecular formula is C20H26N6O2S. The lowest BCUT2D eigenvalue weighted by Gasteiger charge is -2.38. The lowest BCUT2D eigenvalue weighted by molar-refractivity contribution is 0.146. The van der Waals surface area contributed by atoms with Crippen LogP contribution in [0.5, 0.6) is 0 Å². The number of aliphatic imine (C=N–C) groups is 1. The highest BCUT2D eigenvalue weighted by molar-refractivity contribution is 7.98. The van der Waals surface area contributed by atoms with Crippen LogP contribution >= 0.6 is 11.8 Å². The number of nitrogens with zero attached hydrogens (tertiary/aromatic N) is 5. The van der Waals surface area contributed by atoms with E-state index in [0.717, 1.165) is 37.7 Å². The van der Waals surface area contributed by atoms with E-state index in [1.54, 1.807) is 22.4 Å². The van der Waals surface area contributed by atoms with E-state index in [0.29, 0.717) is 18.2 Å². The number of hydrogen-bond donors (Lipinski definition) is 2. The number of aliphatic hydroxyl groups is 1. The first-order chi connectivity index (χ1) is 14.1. The van der Waals surface area contributed by atoms with E-state index in [2.05, 4.69) is 32.2 Å². The molecule has 1 saturated heterocycles. The Morgan fingerprint density at radius 1 is 1.21 bits per heavy atom. The average molecular weight is 415 g/mol. The first-order valence-electron chi connectivity index (χ1n) is 9.76. The molecule has 1 aromatic carbocycles. The highest BCUT2D eigenvalue weighted by Gasteiger charge is 2.29. The minimum absolute atomic E-state index is 0.116. The Balaban J connectivity index is 1.68. The first kappa shape index (κ1) is 19.9. The van der Waals surface area contributed by atoms with E-state index >= 15 is 0 Å². The summed E-state index contributed by atoms with van der Waals surface area (Å²) in [6, 6.07) is 9.70. The quantitative estimate of drug-likeness (QED) is 0.728. The van der Waals surface area contributed by atoms with Crippen LogP contribution in [0.25, 0.3) is 0 Å². The van der Waals surface area contributed by atoms with Crippen LogP contribution in [-0.4, -0.2) is 76.0 Å². The van der Waals surface area contributed by atoms with E-state index in [1.807, 2.05) is 25.3 Å². The summed E-state index contributed by atoms with van der Waals surface area (Å²) in [5, 5.41) is 12.4. The molecule has 0 bridgehead atoms. The number of nitrogens with one attached hydrogen (secondary N) is 1. The van der Waals surface area contributed by atoms with Crippen molar-refractivity contribution >= 4 is 23.7 Å². The lowest BCUT2D eigenvalue weighted by Crippen LogP contribution is -2.52. The number of guanidine groups is 1. The van der Waals surface area contributed by atoms with Gasteiger partial charge in [0.05, 0.1) is 6.61 Å². The third-order valence-electron chi connectivity index (χ3n) is 5.29. The Kier molecular flexibility index (Phi) is 5.89. The fourth-order valence-electron chi connectivity index (χ4n) is 3.72. The molecular weight excluding hydrogens is 388 g/mol. The molecule has 0 amide bonds. The monoisotopic (exact) mass is 414 g/mol. The van der Waals surface area contributed by atoms with Gasteiger partial charge in [-0.1, -0.05) is 12.1 Å². The minimum Gasteiger partial charge on any atom is -0.395 e. The van der Waals surface area contributed by atoms with Gasteiger partial charge in [0.2, 0.25) is 11.9 Å². The molecule has 1 aromatic heterocycles. The number of β-amino-alcohol motifs (C(OH)–C–C–N with tert-alkyl or cyclic N) is 1. The number of aliphatic hydroxyl groups excluding tert-OH is 1. The van der Waals surface area contributed by atoms with Gasteiger partial charge in [0.15, 0.2) is 6.17 Å². The molecule has 4 rings (SSSR count). The molecule has 3 heterocycles. The lowest BCUT2D eigenvalue weighted by atomic mass is 10.1. The maximum atomic E-state index is 12.8. The number of anilines is 1. The van der Waals surface area contributed by atoms with Crippen LogP contribution < -0.4 is 10.9 Å². The van der Waals surface area contributed by atoms with Gasteiger partial charge in [0.25, 0.3) is 5.56 Å². The van der Waals surface area contributed by atoms with E-state index in [-0.39, 0.29) is 12.2 Å². The van der Waals surface area contributed by atoms with Crippen molar-refractivity contribution in [1.82, 2.24) is 19.4 Å². The first-order valence-corrected chi connectivity index (χ1v) is 11.0. The second-order valence-electron chi connectivity index (χ2n) is 7.21. The Hall–Kier alpha value is -2.36. The zero-order valence-electron chi connectivity index (χ0n) is 16.7. The molecule has 1 fully saturated rings. The summed E-state index contributed by atoms with van der Waals surface area (Å²) in [5.74, 6) is 1.27. The summed E-state index contributed by atoms with van der Waals surface area (Å²) in [6.45, 7) is 6.03. The van der Waals surface area contributed by atoms with E-state index in [9.17, 15) is 4.79 Å². The van der Waals surface area contributed by atoms with Gasteiger partial charge in [-0.05, 0) is 30.9 Å². The van der Waals surface area contributed by atoms with Crippen molar-refractivity contribution in [3.63, 3.8) is 0 Å². The predicted molar refractivity (Wildman–Crippen MR) is 116 cm³/mol. The van der Waals surface area contributed by atoms with Crippen molar-refractivity contribution in [3.05, 3.63) is 51.9 Å². The highest BCUT2D eigenvalue weighted by Crippen LogP contribution is 2.28. The van der Waals surface area contributed by atoms with Gasteiger partial charge >= 0.3 is 0 Å². The number of rotatable bonds is 4. The van der Waals surface area contributed by atoms with Crippen molar-refractivity contribution in [2.75, 3.05) is 50.9 Å². The summed E-state index contributed by atoms with van der Waals surface area (Å²) >= 11 is 1.68. The number of hydrogen-bond acceptors (Lipinski definition) is 8. The molecule has 1 atom stereocenters. The summed E-state index contributed by atoms with van der Waals surface area (Å²) < 4.78 is 1.62. The van der Waals surface area contributed by atoms with Gasteiger partial charge in [-0.25, -0.2) is 9.98 Å². The molecule has 0 aliphatic carbocycles. The van der Waals surface area contributed by atoms with Crippen molar-refractivity contribution in [2.45, 2.75) is 18.0 Å². The van der Waals surface area contributed by atoms with Gasteiger partial charge in [0.1, 0.15) is 0 Å². The molecule has 29 heavy (non-hydrogen) atoms. The molecule has 0 spiro atoms. The Morgan fingerprint density at radius 2 is 1.93 bits per heavy atom. The SMILES string of the molecule is CSc1ccc([C@@H]2N=C(N3CCN(CCO)CC3)Nc3nc(C)cc(=O)n32)cc1. The number of aryl methyl sites for hydroxylation is 1. The summed E-state index contributed by atoms with van der Waals surface area (Å²) in [4.78, 5) is 27.8. The van der Waals surface area contributed by atoms with Crippen LogP contribution in [0.2, 0.25) is 0 Å². The van der Waals surface area contributed by atoms with Crippen LogP contribution in [0.15, 0.2) is 45.0 Å². The van der Waals surface area contributed by atoms with E-state index < -0.39 is 6.17 Å². The van der Waals surface area contributed by atoms with Gasteiger partial charge in [0, 0.05) is 49.4 Å². The van der Waals surface area contributed by atoms with Crippen LogP contribution in [0.1, 0.15) is 17.4 Å². The maximum Gasteiger partial charge on any atom is 0.257 e. The highest BCUT2D eigenvalue weighted by atomic mass is 32.2. The fraction of sp³-hybridized carbons (Fsp3) is 0.450. The number of aromatic nitrogens is 2. The molecule has 154 valence electrons. The minimum atomic E-state index is -0.451. The van der Waals surface area contributed by atoms with Gasteiger partial charge in [-0.15, -0.1) is 11.8 Å². The average Bonchev–Trinajstić information content (AvgIpc) is 2.73. The predicted octanol–water partition coefficient (Wildman–Crippen LogP) is 1.21. The van der Waals surface area contributed by atoms with E-state index in [1.165, 1.54) is 4.90 Å². The van der Waals surface area contributed by atoms with Crippen molar-refractivity contribution in [2.24, 2.45) is 4.99 Å². The van der Waals surface area contributed by atoms with Crippen molar-refractivity contribution in [3.8, 4) is 0 Å². The molecule has 9 heteroatoms. The van der Waals surface area contributed by atoms with Crippen LogP contribution in [-0.2, 0) is 0 Å². The van der Waals surface area contributed by atoms with Gasteiger partial charge in [-0.3, -0.25) is 19.6 Å². The second kappa shape index (κ2) is 8.56. The fourth-order valence-corrected chi connectivity index (χ4v) is 4.13. The number of benzene rings is 1. The normalized spacial score (nSPS) is 19.5. The third kappa shape index (κ3) is 4.17. The smallest absolute Gasteiger partial charge is 0.257 e. The van der Waals surface area contributed by atoms with Crippen LogP contribution in [0.4, 0.5) is 5.95 Å². The zero-order chi connectivity index (χ0) is 20.4. The van der Waals surface area contributed by atoms with Crippen LogP contribution in [0.3, 0.4) is 0 Å². The zero-order valence-corrected chi connectivity index (χ0v) is 17.5. The summed E-state index contributed by atoms with van der Waals surface area (Å²) in [7, 11) is 0. The number of fused-ring (bicyclic) bond motifs is 1. The largest absolute Gasteiger partial charge is 0.395 e. The summed E-state index contributed by atoms with van der Waals surface area (Å²) in [5.41, 5.74) is 1.52. The molecule has 0 unspecified atom stereocenters.